The molecule has 1 unspecified atom stereocenters. The molecular weight excluding hydrogens is 357 g/mol. The van der Waals surface area contributed by atoms with Gasteiger partial charge in [-0.05, 0) is 42.7 Å². The van der Waals surface area contributed by atoms with Crippen molar-refractivity contribution >= 4 is 16.9 Å². The van der Waals surface area contributed by atoms with E-state index in [1.165, 1.54) is 12.1 Å². The summed E-state index contributed by atoms with van der Waals surface area (Å²) in [5.41, 5.74) is 2.47. The van der Waals surface area contributed by atoms with Crippen LogP contribution in [-0.2, 0) is 17.9 Å². The van der Waals surface area contributed by atoms with Crippen LogP contribution in [0.1, 0.15) is 38.8 Å². The number of carbonyl (C=O) groups excluding carboxylic acids is 1. The number of nitrogens with one attached hydrogen (secondary N) is 1. The van der Waals surface area contributed by atoms with Crippen molar-refractivity contribution in [2.45, 2.75) is 46.3 Å². The average Bonchev–Trinajstić information content (AvgIpc) is 2.95. The number of benzene rings is 2. The van der Waals surface area contributed by atoms with Gasteiger partial charge in [0.25, 0.3) is 0 Å². The fraction of sp³-hybridized carbons (Fsp3) is 0.364. The smallest absolute Gasteiger partial charge is 0.329 e. The van der Waals surface area contributed by atoms with E-state index in [4.69, 9.17) is 0 Å². The van der Waals surface area contributed by atoms with Gasteiger partial charge in [0, 0.05) is 19.5 Å². The molecule has 3 aromatic rings. The monoisotopic (exact) mass is 383 g/mol. The number of rotatable bonds is 7. The highest BCUT2D eigenvalue weighted by Gasteiger charge is 2.19. The predicted octanol–water partition coefficient (Wildman–Crippen LogP) is 3.87. The summed E-state index contributed by atoms with van der Waals surface area (Å²) in [7, 11) is 0. The molecule has 0 aliphatic rings. The summed E-state index contributed by atoms with van der Waals surface area (Å²) in [4.78, 5) is 25.3. The van der Waals surface area contributed by atoms with Crippen LogP contribution >= 0.6 is 0 Å². The second-order valence-electron chi connectivity index (χ2n) is 7.26. The van der Waals surface area contributed by atoms with E-state index in [1.54, 1.807) is 21.3 Å². The van der Waals surface area contributed by atoms with Gasteiger partial charge in [0.15, 0.2) is 0 Å². The van der Waals surface area contributed by atoms with Gasteiger partial charge in [-0.1, -0.05) is 38.1 Å². The molecule has 3 rings (SSSR count). The molecule has 0 aliphatic heterocycles. The lowest BCUT2D eigenvalue weighted by Crippen LogP contribution is -2.33. The first kappa shape index (κ1) is 19.9. The molecule has 0 radical (unpaired) electrons. The van der Waals surface area contributed by atoms with Gasteiger partial charge >= 0.3 is 5.69 Å². The van der Waals surface area contributed by atoms with Gasteiger partial charge in [-0.15, -0.1) is 0 Å². The van der Waals surface area contributed by atoms with Crippen molar-refractivity contribution in [3.05, 3.63) is 70.4 Å². The predicted molar refractivity (Wildman–Crippen MR) is 109 cm³/mol. The Balaban J connectivity index is 1.75. The zero-order valence-electron chi connectivity index (χ0n) is 16.5. The Hall–Kier alpha value is -2.89. The molecule has 28 heavy (non-hydrogen) atoms. The lowest BCUT2D eigenvalue weighted by molar-refractivity contribution is -0.122. The first-order valence-corrected chi connectivity index (χ1v) is 9.65. The minimum absolute atomic E-state index is 0.101. The van der Waals surface area contributed by atoms with Crippen molar-refractivity contribution in [3.63, 3.8) is 0 Å². The van der Waals surface area contributed by atoms with Gasteiger partial charge in [-0.2, -0.15) is 0 Å². The van der Waals surface area contributed by atoms with Crippen LogP contribution in [0, 0.1) is 11.7 Å². The summed E-state index contributed by atoms with van der Waals surface area (Å²) < 4.78 is 16.6. The fourth-order valence-corrected chi connectivity index (χ4v) is 3.56. The van der Waals surface area contributed by atoms with Crippen LogP contribution in [0.3, 0.4) is 0 Å². The summed E-state index contributed by atoms with van der Waals surface area (Å²) in [6.45, 7) is 6.84. The van der Waals surface area contributed by atoms with Crippen molar-refractivity contribution < 1.29 is 9.18 Å². The number of halogens is 1. The third-order valence-corrected chi connectivity index (χ3v) is 5.02. The molecule has 0 spiro atoms. The SMILES string of the molecule is CCn1c(=O)n(CCC(=O)NC(c2ccc(F)cc2)C(C)C)c2ccccc21. The molecule has 5 nitrogen and oxygen atoms in total. The average molecular weight is 383 g/mol. The Morgan fingerprint density at radius 1 is 1.04 bits per heavy atom. The van der Waals surface area contributed by atoms with Crippen LogP contribution < -0.4 is 11.0 Å². The molecule has 2 aromatic carbocycles. The van der Waals surface area contributed by atoms with Crippen molar-refractivity contribution in [1.29, 1.82) is 0 Å². The van der Waals surface area contributed by atoms with Crippen molar-refractivity contribution in [2.75, 3.05) is 0 Å². The summed E-state index contributed by atoms with van der Waals surface area (Å²) in [5.74, 6) is -0.285. The normalized spacial score (nSPS) is 12.5. The van der Waals surface area contributed by atoms with E-state index in [2.05, 4.69) is 5.32 Å². The molecule has 1 aromatic heterocycles. The maximum absolute atomic E-state index is 13.2. The van der Waals surface area contributed by atoms with Gasteiger partial charge in [-0.3, -0.25) is 13.9 Å². The zero-order chi connectivity index (χ0) is 20.3. The highest BCUT2D eigenvalue weighted by atomic mass is 19.1. The van der Waals surface area contributed by atoms with Crippen molar-refractivity contribution in [2.24, 2.45) is 5.92 Å². The lowest BCUT2D eigenvalue weighted by Gasteiger charge is -2.23. The Kier molecular flexibility index (Phi) is 5.97. The van der Waals surface area contributed by atoms with Crippen LogP contribution in [0.25, 0.3) is 11.0 Å². The minimum atomic E-state index is -0.302. The van der Waals surface area contributed by atoms with Gasteiger partial charge < -0.3 is 5.32 Å². The lowest BCUT2D eigenvalue weighted by atomic mass is 9.96. The Morgan fingerprint density at radius 2 is 1.64 bits per heavy atom. The number of amides is 1. The van der Waals surface area contributed by atoms with E-state index in [0.717, 1.165) is 16.6 Å². The standard InChI is InChI=1S/C22H26FN3O2/c1-4-25-18-7-5-6-8-19(18)26(22(25)28)14-13-20(27)24-21(15(2)3)16-9-11-17(23)12-10-16/h5-12,15,21H,4,13-14H2,1-3H3,(H,24,27). The third kappa shape index (κ3) is 4.01. The van der Waals surface area contributed by atoms with Gasteiger partial charge in [0.05, 0.1) is 17.1 Å². The van der Waals surface area contributed by atoms with E-state index in [0.29, 0.717) is 13.1 Å². The summed E-state index contributed by atoms with van der Waals surface area (Å²) in [5, 5.41) is 3.03. The second kappa shape index (κ2) is 8.42. The summed E-state index contributed by atoms with van der Waals surface area (Å²) in [6.07, 6.45) is 0.196. The molecule has 0 fully saturated rings. The second-order valence-corrected chi connectivity index (χ2v) is 7.26. The molecular formula is C22H26FN3O2. The Labute approximate surface area is 163 Å². The van der Waals surface area contributed by atoms with E-state index < -0.39 is 0 Å². The topological polar surface area (TPSA) is 56.0 Å². The number of fused-ring (bicyclic) bond motifs is 1. The van der Waals surface area contributed by atoms with Gasteiger partial charge in [-0.25, -0.2) is 9.18 Å². The number of imidazole rings is 1. The number of aryl methyl sites for hydroxylation is 2. The summed E-state index contributed by atoms with van der Waals surface area (Å²) in [6, 6.07) is 13.6. The molecule has 0 bridgehead atoms. The molecule has 0 saturated carbocycles. The quantitative estimate of drug-likeness (QED) is 0.673. The van der Waals surface area contributed by atoms with Crippen LogP contribution in [-0.4, -0.2) is 15.0 Å². The highest BCUT2D eigenvalue weighted by molar-refractivity contribution is 5.78. The molecule has 1 N–H and O–H groups in total. The molecule has 1 amide bonds. The number of carbonyl (C=O) groups is 1. The summed E-state index contributed by atoms with van der Waals surface area (Å²) >= 11 is 0. The molecule has 6 heteroatoms. The molecule has 148 valence electrons. The minimum Gasteiger partial charge on any atom is -0.349 e. The number of hydrogen-bond acceptors (Lipinski definition) is 2. The van der Waals surface area contributed by atoms with Crippen molar-refractivity contribution in [3.8, 4) is 0 Å². The zero-order valence-corrected chi connectivity index (χ0v) is 16.5. The number of hydrogen-bond donors (Lipinski definition) is 1. The molecule has 0 saturated heterocycles. The number of aromatic nitrogens is 2. The Morgan fingerprint density at radius 3 is 2.21 bits per heavy atom. The van der Waals surface area contributed by atoms with Crippen LogP contribution in [0.5, 0.6) is 0 Å². The molecule has 1 heterocycles. The first-order chi connectivity index (χ1) is 13.4. The molecule has 0 aliphatic carbocycles. The van der Waals surface area contributed by atoms with Gasteiger partial charge in [0.1, 0.15) is 5.82 Å². The van der Waals surface area contributed by atoms with E-state index >= 15 is 0 Å². The highest BCUT2D eigenvalue weighted by Crippen LogP contribution is 2.22. The third-order valence-electron chi connectivity index (χ3n) is 5.02. The van der Waals surface area contributed by atoms with Crippen LogP contribution in [0.4, 0.5) is 4.39 Å². The van der Waals surface area contributed by atoms with E-state index in [-0.39, 0.29) is 35.8 Å². The van der Waals surface area contributed by atoms with Crippen LogP contribution in [0.15, 0.2) is 53.3 Å². The number of nitrogens with zero attached hydrogens (tertiary/aromatic N) is 2. The first-order valence-electron chi connectivity index (χ1n) is 9.65. The fourth-order valence-electron chi connectivity index (χ4n) is 3.56. The maximum atomic E-state index is 13.2. The largest absolute Gasteiger partial charge is 0.349 e. The van der Waals surface area contributed by atoms with Crippen LogP contribution in [0.2, 0.25) is 0 Å². The van der Waals surface area contributed by atoms with E-state index in [1.807, 2.05) is 45.0 Å². The van der Waals surface area contributed by atoms with E-state index in [9.17, 15) is 14.0 Å². The molecule has 1 atom stereocenters. The van der Waals surface area contributed by atoms with Gasteiger partial charge in [0.2, 0.25) is 5.91 Å². The maximum Gasteiger partial charge on any atom is 0.329 e. The Bertz CT molecular complexity index is 1020. The number of para-hydroxylation sites is 2. The van der Waals surface area contributed by atoms with Crippen molar-refractivity contribution in [1.82, 2.24) is 14.5 Å².